The van der Waals surface area contributed by atoms with Crippen molar-refractivity contribution in [3.05, 3.63) is 0 Å². The Morgan fingerprint density at radius 3 is 1.79 bits per heavy atom. The predicted molar refractivity (Wildman–Crippen MR) is 95.9 cm³/mol. The van der Waals surface area contributed by atoms with Crippen LogP contribution in [0.25, 0.3) is 0 Å². The third-order valence-electron chi connectivity index (χ3n) is 4.98. The van der Waals surface area contributed by atoms with Crippen molar-refractivity contribution in [1.82, 2.24) is 19.6 Å². The van der Waals surface area contributed by atoms with Gasteiger partial charge in [-0.1, -0.05) is 13.8 Å². The lowest BCUT2D eigenvalue weighted by atomic mass is 10.2. The fourth-order valence-corrected chi connectivity index (χ4v) is 3.56. The van der Waals surface area contributed by atoms with E-state index >= 15 is 0 Å². The molecule has 2 fully saturated rings. The fraction of sp³-hybridized carbons (Fsp3) is 0.889. The lowest BCUT2D eigenvalue weighted by molar-refractivity contribution is -0.134. The second kappa shape index (κ2) is 9.99. The number of hydrogen-bond acceptors (Lipinski definition) is 4. The summed E-state index contributed by atoms with van der Waals surface area (Å²) in [6.07, 6.45) is 4.32. The van der Waals surface area contributed by atoms with Gasteiger partial charge >= 0.3 is 0 Å². The molecule has 2 saturated heterocycles. The van der Waals surface area contributed by atoms with Crippen LogP contribution in [0.4, 0.5) is 0 Å². The normalized spacial score (nSPS) is 19.7. The van der Waals surface area contributed by atoms with Gasteiger partial charge in [-0.15, -0.1) is 0 Å². The number of amides is 2. The van der Waals surface area contributed by atoms with E-state index in [2.05, 4.69) is 23.6 Å². The zero-order valence-electron chi connectivity index (χ0n) is 15.5. The molecule has 0 aromatic carbocycles. The highest BCUT2D eigenvalue weighted by atomic mass is 16.2. The summed E-state index contributed by atoms with van der Waals surface area (Å²) in [6.45, 7) is 12.4. The Morgan fingerprint density at radius 2 is 1.29 bits per heavy atom. The standard InChI is InChI=1S/C18H34N4O2/c1-3-7-21(8-4-2)17(23)15-19-11-13-20(14-12-19)16-18(24)22-9-5-6-10-22/h3-16H2,1-2H3. The molecule has 0 aromatic heterocycles. The number of nitrogens with zero attached hydrogens (tertiary/aromatic N) is 4. The Labute approximate surface area is 146 Å². The van der Waals surface area contributed by atoms with Gasteiger partial charge in [0.2, 0.25) is 11.8 Å². The highest BCUT2D eigenvalue weighted by Crippen LogP contribution is 2.09. The lowest BCUT2D eigenvalue weighted by Crippen LogP contribution is -2.52. The highest BCUT2D eigenvalue weighted by Gasteiger charge is 2.25. The second-order valence-electron chi connectivity index (χ2n) is 7.02. The van der Waals surface area contributed by atoms with Gasteiger partial charge in [0, 0.05) is 52.4 Å². The summed E-state index contributed by atoms with van der Waals surface area (Å²) in [4.78, 5) is 33.1. The Balaban J connectivity index is 1.69. The molecule has 6 nitrogen and oxygen atoms in total. The molecule has 0 saturated carbocycles. The first-order chi connectivity index (χ1) is 11.6. The van der Waals surface area contributed by atoms with Crippen molar-refractivity contribution >= 4 is 11.8 Å². The van der Waals surface area contributed by atoms with Crippen molar-refractivity contribution in [3.63, 3.8) is 0 Å². The minimum atomic E-state index is 0.250. The SMILES string of the molecule is CCCN(CCC)C(=O)CN1CCN(CC(=O)N2CCCC2)CC1. The maximum Gasteiger partial charge on any atom is 0.236 e. The van der Waals surface area contributed by atoms with Crippen LogP contribution in [0.5, 0.6) is 0 Å². The van der Waals surface area contributed by atoms with E-state index in [1.165, 1.54) is 0 Å². The quantitative estimate of drug-likeness (QED) is 0.659. The average Bonchev–Trinajstić information content (AvgIpc) is 3.11. The van der Waals surface area contributed by atoms with Crippen LogP contribution in [0.3, 0.4) is 0 Å². The number of piperazine rings is 1. The van der Waals surface area contributed by atoms with E-state index in [0.29, 0.717) is 13.1 Å². The zero-order valence-corrected chi connectivity index (χ0v) is 15.5. The summed E-state index contributed by atoms with van der Waals surface area (Å²) in [7, 11) is 0. The topological polar surface area (TPSA) is 47.1 Å². The monoisotopic (exact) mass is 338 g/mol. The van der Waals surface area contributed by atoms with Gasteiger partial charge in [0.15, 0.2) is 0 Å². The van der Waals surface area contributed by atoms with E-state index in [4.69, 9.17) is 0 Å². The summed E-state index contributed by atoms with van der Waals surface area (Å²) in [6, 6.07) is 0. The molecule has 24 heavy (non-hydrogen) atoms. The predicted octanol–water partition coefficient (Wildman–Crippen LogP) is 0.875. The first-order valence-corrected chi connectivity index (χ1v) is 9.64. The lowest BCUT2D eigenvalue weighted by Gasteiger charge is -2.35. The highest BCUT2D eigenvalue weighted by molar-refractivity contribution is 5.79. The third-order valence-corrected chi connectivity index (χ3v) is 4.98. The minimum absolute atomic E-state index is 0.250. The van der Waals surface area contributed by atoms with Crippen LogP contribution in [0, 0.1) is 0 Å². The first-order valence-electron chi connectivity index (χ1n) is 9.64. The summed E-state index contributed by atoms with van der Waals surface area (Å²) >= 11 is 0. The Hall–Kier alpha value is -1.14. The Kier molecular flexibility index (Phi) is 7.99. The molecule has 0 radical (unpaired) electrons. The van der Waals surface area contributed by atoms with Crippen LogP contribution >= 0.6 is 0 Å². The number of carbonyl (C=O) groups excluding carboxylic acids is 2. The van der Waals surface area contributed by atoms with Crippen LogP contribution in [0.15, 0.2) is 0 Å². The zero-order chi connectivity index (χ0) is 17.4. The second-order valence-corrected chi connectivity index (χ2v) is 7.02. The third kappa shape index (κ3) is 5.74. The molecule has 0 bridgehead atoms. The van der Waals surface area contributed by atoms with Crippen LogP contribution in [0.2, 0.25) is 0 Å². The molecule has 0 N–H and O–H groups in total. The van der Waals surface area contributed by atoms with Crippen LogP contribution < -0.4 is 0 Å². The molecule has 2 rings (SSSR count). The van der Waals surface area contributed by atoms with Gasteiger partial charge in [-0.25, -0.2) is 0 Å². The summed E-state index contributed by atoms with van der Waals surface area (Å²) in [5.74, 6) is 0.523. The summed E-state index contributed by atoms with van der Waals surface area (Å²) in [5.41, 5.74) is 0. The van der Waals surface area contributed by atoms with Crippen molar-refractivity contribution in [3.8, 4) is 0 Å². The van der Waals surface area contributed by atoms with Gasteiger partial charge in [-0.3, -0.25) is 19.4 Å². The number of likely N-dealkylation sites (tertiary alicyclic amines) is 1. The molecular formula is C18H34N4O2. The van der Waals surface area contributed by atoms with Crippen molar-refractivity contribution in [1.29, 1.82) is 0 Å². The van der Waals surface area contributed by atoms with Gasteiger partial charge in [0.05, 0.1) is 13.1 Å². The van der Waals surface area contributed by atoms with E-state index < -0.39 is 0 Å². The maximum atomic E-state index is 12.4. The van der Waals surface area contributed by atoms with Crippen molar-refractivity contribution in [2.24, 2.45) is 0 Å². The van der Waals surface area contributed by atoms with Crippen molar-refractivity contribution in [2.75, 3.05) is 65.4 Å². The van der Waals surface area contributed by atoms with Gasteiger partial charge in [-0.2, -0.15) is 0 Å². The average molecular weight is 338 g/mol. The van der Waals surface area contributed by atoms with Gasteiger partial charge < -0.3 is 9.80 Å². The number of rotatable bonds is 8. The molecule has 138 valence electrons. The van der Waals surface area contributed by atoms with E-state index in [0.717, 1.165) is 78.0 Å². The van der Waals surface area contributed by atoms with E-state index in [-0.39, 0.29) is 11.8 Å². The maximum absolute atomic E-state index is 12.4. The molecular weight excluding hydrogens is 304 g/mol. The molecule has 2 amide bonds. The largest absolute Gasteiger partial charge is 0.342 e. The summed E-state index contributed by atoms with van der Waals surface area (Å²) in [5, 5.41) is 0. The van der Waals surface area contributed by atoms with Crippen LogP contribution in [-0.4, -0.2) is 96.9 Å². The van der Waals surface area contributed by atoms with Crippen molar-refractivity contribution in [2.45, 2.75) is 39.5 Å². The molecule has 2 heterocycles. The molecule has 2 aliphatic rings. The first kappa shape index (κ1) is 19.2. The summed E-state index contributed by atoms with van der Waals surface area (Å²) < 4.78 is 0. The number of hydrogen-bond donors (Lipinski definition) is 0. The Bertz CT molecular complexity index is 396. The van der Waals surface area contributed by atoms with Gasteiger partial charge in [0.1, 0.15) is 0 Å². The van der Waals surface area contributed by atoms with Crippen molar-refractivity contribution < 1.29 is 9.59 Å². The van der Waals surface area contributed by atoms with E-state index in [1.807, 2.05) is 9.80 Å². The molecule has 0 aliphatic carbocycles. The van der Waals surface area contributed by atoms with Gasteiger partial charge in [0.25, 0.3) is 0 Å². The molecule has 0 aromatic rings. The number of carbonyl (C=O) groups is 2. The Morgan fingerprint density at radius 1 is 0.792 bits per heavy atom. The fourth-order valence-electron chi connectivity index (χ4n) is 3.56. The molecule has 6 heteroatoms. The van der Waals surface area contributed by atoms with E-state index in [9.17, 15) is 9.59 Å². The van der Waals surface area contributed by atoms with Crippen LogP contribution in [0.1, 0.15) is 39.5 Å². The van der Waals surface area contributed by atoms with E-state index in [1.54, 1.807) is 0 Å². The van der Waals surface area contributed by atoms with Gasteiger partial charge in [-0.05, 0) is 25.7 Å². The molecule has 2 aliphatic heterocycles. The molecule has 0 unspecified atom stereocenters. The molecule has 0 atom stereocenters. The minimum Gasteiger partial charge on any atom is -0.342 e. The van der Waals surface area contributed by atoms with Crippen LogP contribution in [-0.2, 0) is 9.59 Å². The molecule has 0 spiro atoms. The smallest absolute Gasteiger partial charge is 0.236 e.